The zero-order chi connectivity index (χ0) is 15.1. The minimum absolute atomic E-state index is 0.0166. The van der Waals surface area contributed by atoms with Crippen molar-refractivity contribution in [2.45, 2.75) is 32.2 Å². The van der Waals surface area contributed by atoms with Crippen molar-refractivity contribution in [1.29, 1.82) is 0 Å². The number of hydrogen-bond donors (Lipinski definition) is 2. The number of benzene rings is 1. The molecule has 1 aromatic rings. The van der Waals surface area contributed by atoms with Crippen molar-refractivity contribution in [3.05, 3.63) is 34.9 Å². The number of nitrogens with one attached hydrogen (secondary N) is 1. The lowest BCUT2D eigenvalue weighted by Gasteiger charge is -2.22. The molecule has 2 N–H and O–H groups in total. The van der Waals surface area contributed by atoms with Crippen molar-refractivity contribution in [2.75, 3.05) is 18.1 Å². The molecule has 1 saturated heterocycles. The summed E-state index contributed by atoms with van der Waals surface area (Å²) in [6, 6.07) is 5.91. The van der Waals surface area contributed by atoms with Crippen LogP contribution in [0.25, 0.3) is 0 Å². The van der Waals surface area contributed by atoms with Crippen molar-refractivity contribution < 1.29 is 9.90 Å². The summed E-state index contributed by atoms with van der Waals surface area (Å²) in [7, 11) is 0. The van der Waals surface area contributed by atoms with E-state index in [0.717, 1.165) is 35.5 Å². The van der Waals surface area contributed by atoms with Crippen LogP contribution in [0.4, 0.5) is 0 Å². The zero-order valence-electron chi connectivity index (χ0n) is 12.3. The molecule has 1 aliphatic heterocycles. The first-order chi connectivity index (χ1) is 10.2. The summed E-state index contributed by atoms with van der Waals surface area (Å²) >= 11 is 1.95. The van der Waals surface area contributed by atoms with Gasteiger partial charge in [-0.05, 0) is 49.0 Å². The minimum Gasteiger partial charge on any atom is -0.395 e. The average molecular weight is 303 g/mol. The number of aryl methyl sites for hydroxylation is 1. The van der Waals surface area contributed by atoms with Gasteiger partial charge < -0.3 is 10.4 Å². The van der Waals surface area contributed by atoms with Gasteiger partial charge in [0.2, 0.25) is 0 Å². The van der Waals surface area contributed by atoms with E-state index in [4.69, 9.17) is 5.11 Å². The minimum atomic E-state index is -0.0166. The molecule has 0 atom stereocenters. The summed E-state index contributed by atoms with van der Waals surface area (Å²) in [6.45, 7) is 2.04. The SMILES string of the molecule is Cc1ccc(C(=O)NC2CCSCC2)cc1C#CCCO. The number of amides is 1. The Hall–Kier alpha value is -1.44. The summed E-state index contributed by atoms with van der Waals surface area (Å²) < 4.78 is 0. The van der Waals surface area contributed by atoms with E-state index in [1.54, 1.807) is 0 Å². The Bertz CT molecular complexity index is 554. The Morgan fingerprint density at radius 3 is 2.90 bits per heavy atom. The Kier molecular flexibility index (Phi) is 6.16. The largest absolute Gasteiger partial charge is 0.395 e. The third-order valence-electron chi connectivity index (χ3n) is 3.52. The summed E-state index contributed by atoms with van der Waals surface area (Å²) in [4.78, 5) is 12.3. The Morgan fingerprint density at radius 1 is 1.43 bits per heavy atom. The first kappa shape index (κ1) is 15.9. The number of aliphatic hydroxyl groups is 1. The fourth-order valence-electron chi connectivity index (χ4n) is 2.22. The highest BCUT2D eigenvalue weighted by Gasteiger charge is 2.17. The van der Waals surface area contributed by atoms with Gasteiger partial charge in [-0.25, -0.2) is 0 Å². The molecule has 1 amide bonds. The summed E-state index contributed by atoms with van der Waals surface area (Å²) in [6.07, 6.45) is 2.55. The van der Waals surface area contributed by atoms with Gasteiger partial charge in [0.25, 0.3) is 5.91 Å². The van der Waals surface area contributed by atoms with Gasteiger partial charge in [-0.1, -0.05) is 17.9 Å². The molecule has 4 heteroatoms. The standard InChI is InChI=1S/C17H21NO2S/c1-13-5-6-15(12-14(13)4-2-3-9-19)17(20)18-16-7-10-21-11-8-16/h5-6,12,16,19H,3,7-11H2,1H3,(H,18,20). The third kappa shape index (κ3) is 4.80. The van der Waals surface area contributed by atoms with Gasteiger partial charge >= 0.3 is 0 Å². The van der Waals surface area contributed by atoms with Crippen LogP contribution in [0.5, 0.6) is 0 Å². The number of hydrogen-bond acceptors (Lipinski definition) is 3. The van der Waals surface area contributed by atoms with Gasteiger partial charge in [0.05, 0.1) is 6.61 Å². The number of thioether (sulfide) groups is 1. The zero-order valence-corrected chi connectivity index (χ0v) is 13.1. The van der Waals surface area contributed by atoms with E-state index in [1.165, 1.54) is 0 Å². The Morgan fingerprint density at radius 2 is 2.19 bits per heavy atom. The van der Waals surface area contributed by atoms with Crippen molar-refractivity contribution in [1.82, 2.24) is 5.32 Å². The number of aliphatic hydroxyl groups excluding tert-OH is 1. The van der Waals surface area contributed by atoms with Crippen molar-refractivity contribution in [3.8, 4) is 11.8 Å². The Labute approximate surface area is 130 Å². The molecular weight excluding hydrogens is 282 g/mol. The predicted molar refractivity (Wildman–Crippen MR) is 87.6 cm³/mol. The smallest absolute Gasteiger partial charge is 0.251 e. The molecule has 1 aliphatic rings. The molecule has 3 nitrogen and oxygen atoms in total. The molecule has 0 saturated carbocycles. The molecule has 112 valence electrons. The van der Waals surface area contributed by atoms with Crippen LogP contribution in [-0.4, -0.2) is 35.2 Å². The van der Waals surface area contributed by atoms with E-state index in [-0.39, 0.29) is 12.5 Å². The second-order valence-corrected chi connectivity index (χ2v) is 6.39. The number of rotatable bonds is 3. The molecule has 0 aromatic heterocycles. The van der Waals surface area contributed by atoms with Crippen LogP contribution in [0.15, 0.2) is 18.2 Å². The molecular formula is C17H21NO2S. The van der Waals surface area contributed by atoms with Crippen LogP contribution in [0.2, 0.25) is 0 Å². The van der Waals surface area contributed by atoms with Gasteiger partial charge in [-0.3, -0.25) is 4.79 Å². The lowest BCUT2D eigenvalue weighted by molar-refractivity contribution is 0.0935. The van der Waals surface area contributed by atoms with Crippen molar-refractivity contribution >= 4 is 17.7 Å². The normalized spacial score (nSPS) is 15.1. The fourth-order valence-corrected chi connectivity index (χ4v) is 3.33. The predicted octanol–water partition coefficient (Wildman–Crippen LogP) is 2.35. The second-order valence-electron chi connectivity index (χ2n) is 5.17. The van der Waals surface area contributed by atoms with E-state index in [9.17, 15) is 4.79 Å². The van der Waals surface area contributed by atoms with Crippen LogP contribution in [0, 0.1) is 18.8 Å². The molecule has 2 rings (SSSR count). The lowest BCUT2D eigenvalue weighted by Crippen LogP contribution is -2.37. The highest BCUT2D eigenvalue weighted by molar-refractivity contribution is 7.99. The van der Waals surface area contributed by atoms with E-state index < -0.39 is 0 Å². The number of carbonyl (C=O) groups is 1. The summed E-state index contributed by atoms with van der Waals surface area (Å²) in [5.41, 5.74) is 2.56. The molecule has 0 bridgehead atoms. The van der Waals surface area contributed by atoms with Crippen LogP contribution in [-0.2, 0) is 0 Å². The highest BCUT2D eigenvalue weighted by Crippen LogP contribution is 2.18. The molecule has 0 spiro atoms. The summed E-state index contributed by atoms with van der Waals surface area (Å²) in [5, 5.41) is 11.9. The molecule has 1 aromatic carbocycles. The van der Waals surface area contributed by atoms with Crippen molar-refractivity contribution in [3.63, 3.8) is 0 Å². The molecule has 0 radical (unpaired) electrons. The third-order valence-corrected chi connectivity index (χ3v) is 4.56. The van der Waals surface area contributed by atoms with Gasteiger partial charge in [-0.15, -0.1) is 0 Å². The van der Waals surface area contributed by atoms with E-state index in [1.807, 2.05) is 36.9 Å². The quantitative estimate of drug-likeness (QED) is 0.843. The molecule has 1 fully saturated rings. The Balaban J connectivity index is 2.07. The van der Waals surface area contributed by atoms with E-state index in [2.05, 4.69) is 17.2 Å². The lowest BCUT2D eigenvalue weighted by atomic mass is 10.0. The van der Waals surface area contributed by atoms with E-state index >= 15 is 0 Å². The van der Waals surface area contributed by atoms with Gasteiger partial charge in [0.15, 0.2) is 0 Å². The second kappa shape index (κ2) is 8.11. The van der Waals surface area contributed by atoms with Crippen LogP contribution in [0.1, 0.15) is 40.7 Å². The molecule has 21 heavy (non-hydrogen) atoms. The van der Waals surface area contributed by atoms with Crippen LogP contribution in [0.3, 0.4) is 0 Å². The van der Waals surface area contributed by atoms with Gasteiger partial charge in [-0.2, -0.15) is 11.8 Å². The maximum Gasteiger partial charge on any atom is 0.251 e. The molecule has 0 aliphatic carbocycles. The maximum absolute atomic E-state index is 12.3. The van der Waals surface area contributed by atoms with E-state index in [0.29, 0.717) is 18.0 Å². The van der Waals surface area contributed by atoms with Crippen LogP contribution >= 0.6 is 11.8 Å². The highest BCUT2D eigenvalue weighted by atomic mass is 32.2. The van der Waals surface area contributed by atoms with Crippen LogP contribution < -0.4 is 5.32 Å². The van der Waals surface area contributed by atoms with Gasteiger partial charge in [0.1, 0.15) is 0 Å². The first-order valence-corrected chi connectivity index (χ1v) is 8.45. The number of carbonyl (C=O) groups excluding carboxylic acids is 1. The molecule has 1 heterocycles. The maximum atomic E-state index is 12.3. The fraction of sp³-hybridized carbons (Fsp3) is 0.471. The van der Waals surface area contributed by atoms with Crippen molar-refractivity contribution in [2.24, 2.45) is 0 Å². The monoisotopic (exact) mass is 303 g/mol. The summed E-state index contributed by atoms with van der Waals surface area (Å²) in [5.74, 6) is 8.15. The topological polar surface area (TPSA) is 49.3 Å². The average Bonchev–Trinajstić information content (AvgIpc) is 2.50. The van der Waals surface area contributed by atoms with Gasteiger partial charge in [0, 0.05) is 23.6 Å². The molecule has 0 unspecified atom stereocenters. The first-order valence-electron chi connectivity index (χ1n) is 7.29.